The van der Waals surface area contributed by atoms with Crippen molar-refractivity contribution in [1.29, 1.82) is 0 Å². The first-order valence-electron chi connectivity index (χ1n) is 8.76. The molecule has 25 heavy (non-hydrogen) atoms. The van der Waals surface area contributed by atoms with Crippen LogP contribution in [0.25, 0.3) is 11.0 Å². The lowest BCUT2D eigenvalue weighted by Crippen LogP contribution is -2.46. The number of terminal acetylenes is 1. The van der Waals surface area contributed by atoms with Gasteiger partial charge < -0.3 is 9.72 Å². The fourth-order valence-corrected chi connectivity index (χ4v) is 3.36. The lowest BCUT2D eigenvalue weighted by Gasteiger charge is -2.40. The fourth-order valence-electron chi connectivity index (χ4n) is 3.36. The number of carbonyl (C=O) groups excluding carboxylic acids is 1. The van der Waals surface area contributed by atoms with Crippen molar-refractivity contribution in [3.05, 3.63) is 29.6 Å². The average Bonchev–Trinajstić information content (AvgIpc) is 2.95. The van der Waals surface area contributed by atoms with Gasteiger partial charge in [0.25, 0.3) is 0 Å². The van der Waals surface area contributed by atoms with Crippen molar-refractivity contribution >= 4 is 17.1 Å². The second-order valence-electron chi connectivity index (χ2n) is 7.68. The molecule has 3 rings (SSSR count). The molecule has 132 valence electrons. The number of aromatic nitrogens is 2. The molecule has 1 amide bonds. The Morgan fingerprint density at radius 1 is 1.40 bits per heavy atom. The minimum Gasteiger partial charge on any atom is -0.444 e. The Morgan fingerprint density at radius 2 is 2.16 bits per heavy atom. The molecule has 1 aliphatic heterocycles. The van der Waals surface area contributed by atoms with Crippen LogP contribution in [0.3, 0.4) is 0 Å². The molecule has 0 bridgehead atoms. The summed E-state index contributed by atoms with van der Waals surface area (Å²) in [7, 11) is 0. The van der Waals surface area contributed by atoms with E-state index in [1.807, 2.05) is 43.9 Å². The Hall–Kier alpha value is -2.48. The van der Waals surface area contributed by atoms with Crippen molar-refractivity contribution in [2.24, 2.45) is 0 Å². The van der Waals surface area contributed by atoms with Gasteiger partial charge >= 0.3 is 6.09 Å². The summed E-state index contributed by atoms with van der Waals surface area (Å²) in [6.07, 6.45) is 8.08. The topological polar surface area (TPSA) is 58.2 Å². The number of hydrogen-bond donors (Lipinski definition) is 1. The standard InChI is InChI=1S/C20H25N3O2/c1-6-14-10-11-15-16(12-14)22-18(21-15)17-9-7-8-13(2)23(17)19(24)25-20(3,4)5/h1,10-13,17H,7-9H2,2-5H3,(H,21,22). The molecule has 5 heteroatoms. The lowest BCUT2D eigenvalue weighted by atomic mass is 9.96. The van der Waals surface area contributed by atoms with E-state index >= 15 is 0 Å². The summed E-state index contributed by atoms with van der Waals surface area (Å²) in [5, 5.41) is 0. The first-order valence-corrected chi connectivity index (χ1v) is 8.76. The molecule has 0 radical (unpaired) electrons. The Balaban J connectivity index is 1.95. The van der Waals surface area contributed by atoms with Crippen LogP contribution in [-0.2, 0) is 4.74 Å². The number of fused-ring (bicyclic) bond motifs is 1. The molecule has 2 heterocycles. The SMILES string of the molecule is C#Cc1ccc2nc(C3CCCC(C)N3C(=O)OC(C)(C)C)[nH]c2c1. The second kappa shape index (κ2) is 6.44. The Bertz CT molecular complexity index is 826. The number of aromatic amines is 1. The van der Waals surface area contributed by atoms with Gasteiger partial charge in [0.05, 0.1) is 17.1 Å². The van der Waals surface area contributed by atoms with Gasteiger partial charge in [-0.3, -0.25) is 4.90 Å². The maximum atomic E-state index is 12.8. The zero-order valence-corrected chi connectivity index (χ0v) is 15.3. The van der Waals surface area contributed by atoms with Crippen molar-refractivity contribution < 1.29 is 9.53 Å². The molecule has 2 aromatic rings. The number of piperidine rings is 1. The molecule has 1 fully saturated rings. The first-order chi connectivity index (χ1) is 11.8. The summed E-state index contributed by atoms with van der Waals surface area (Å²) in [5.41, 5.74) is 2.04. The molecular weight excluding hydrogens is 314 g/mol. The normalized spacial score (nSPS) is 21.2. The summed E-state index contributed by atoms with van der Waals surface area (Å²) in [5.74, 6) is 3.43. The highest BCUT2D eigenvalue weighted by molar-refractivity contribution is 5.77. The molecule has 2 atom stereocenters. The van der Waals surface area contributed by atoms with Gasteiger partial charge in [-0.15, -0.1) is 6.42 Å². The summed E-state index contributed by atoms with van der Waals surface area (Å²) in [6, 6.07) is 5.70. The molecular formula is C20H25N3O2. The zero-order chi connectivity index (χ0) is 18.2. The third-order valence-electron chi connectivity index (χ3n) is 4.50. The average molecular weight is 339 g/mol. The van der Waals surface area contributed by atoms with Gasteiger partial charge in [0.1, 0.15) is 11.4 Å². The van der Waals surface area contributed by atoms with E-state index in [4.69, 9.17) is 16.1 Å². The highest BCUT2D eigenvalue weighted by Gasteiger charge is 2.37. The molecule has 1 aromatic heterocycles. The van der Waals surface area contributed by atoms with Gasteiger partial charge in [-0.05, 0) is 65.2 Å². The largest absolute Gasteiger partial charge is 0.444 e. The lowest BCUT2D eigenvalue weighted by molar-refractivity contribution is -0.00441. The summed E-state index contributed by atoms with van der Waals surface area (Å²) >= 11 is 0. The third kappa shape index (κ3) is 3.63. The molecule has 1 aromatic carbocycles. The first kappa shape index (κ1) is 17.3. The van der Waals surface area contributed by atoms with E-state index < -0.39 is 5.60 Å². The number of ether oxygens (including phenoxy) is 1. The van der Waals surface area contributed by atoms with Gasteiger partial charge in [0.2, 0.25) is 0 Å². The molecule has 0 spiro atoms. The van der Waals surface area contributed by atoms with Crippen LogP contribution in [0, 0.1) is 12.3 Å². The quantitative estimate of drug-likeness (QED) is 0.784. The van der Waals surface area contributed by atoms with E-state index in [-0.39, 0.29) is 18.2 Å². The smallest absolute Gasteiger partial charge is 0.411 e. The highest BCUT2D eigenvalue weighted by atomic mass is 16.6. The number of nitrogens with one attached hydrogen (secondary N) is 1. The predicted octanol–water partition coefficient (Wildman–Crippen LogP) is 4.39. The van der Waals surface area contributed by atoms with Gasteiger partial charge in [0, 0.05) is 11.6 Å². The number of nitrogens with zero attached hydrogens (tertiary/aromatic N) is 2. The highest BCUT2D eigenvalue weighted by Crippen LogP contribution is 2.35. The third-order valence-corrected chi connectivity index (χ3v) is 4.50. The van der Waals surface area contributed by atoms with E-state index in [2.05, 4.69) is 17.8 Å². The van der Waals surface area contributed by atoms with Crippen LogP contribution in [0.1, 0.15) is 64.4 Å². The molecule has 0 aliphatic carbocycles. The number of H-pyrrole nitrogens is 1. The van der Waals surface area contributed by atoms with E-state index in [0.717, 1.165) is 41.7 Å². The van der Waals surface area contributed by atoms with Crippen LogP contribution in [0.4, 0.5) is 4.79 Å². The van der Waals surface area contributed by atoms with Crippen molar-refractivity contribution in [3.8, 4) is 12.3 Å². The van der Waals surface area contributed by atoms with Crippen molar-refractivity contribution in [3.63, 3.8) is 0 Å². The number of likely N-dealkylation sites (tertiary alicyclic amines) is 1. The number of amides is 1. The maximum Gasteiger partial charge on any atom is 0.411 e. The monoisotopic (exact) mass is 339 g/mol. The summed E-state index contributed by atoms with van der Waals surface area (Å²) in [4.78, 5) is 22.6. The van der Waals surface area contributed by atoms with E-state index in [0.29, 0.717) is 0 Å². The summed E-state index contributed by atoms with van der Waals surface area (Å²) < 4.78 is 5.63. The van der Waals surface area contributed by atoms with Crippen LogP contribution >= 0.6 is 0 Å². The minimum atomic E-state index is -0.519. The van der Waals surface area contributed by atoms with Crippen LogP contribution < -0.4 is 0 Å². The Labute approximate surface area is 148 Å². The van der Waals surface area contributed by atoms with Crippen molar-refractivity contribution in [2.45, 2.75) is 64.6 Å². The number of imidazole rings is 1. The van der Waals surface area contributed by atoms with Crippen LogP contribution in [0.2, 0.25) is 0 Å². The van der Waals surface area contributed by atoms with Crippen molar-refractivity contribution in [2.75, 3.05) is 0 Å². The maximum absolute atomic E-state index is 12.8. The predicted molar refractivity (Wildman–Crippen MR) is 98.2 cm³/mol. The van der Waals surface area contributed by atoms with Crippen LogP contribution in [-0.4, -0.2) is 32.6 Å². The number of benzene rings is 1. The molecule has 1 saturated heterocycles. The zero-order valence-electron chi connectivity index (χ0n) is 15.3. The number of hydrogen-bond acceptors (Lipinski definition) is 3. The van der Waals surface area contributed by atoms with E-state index in [9.17, 15) is 4.79 Å². The molecule has 5 nitrogen and oxygen atoms in total. The molecule has 0 saturated carbocycles. The fraction of sp³-hybridized carbons (Fsp3) is 0.500. The molecule has 1 N–H and O–H groups in total. The minimum absolute atomic E-state index is 0.111. The van der Waals surface area contributed by atoms with Crippen molar-refractivity contribution in [1.82, 2.24) is 14.9 Å². The van der Waals surface area contributed by atoms with E-state index in [1.165, 1.54) is 0 Å². The van der Waals surface area contributed by atoms with Gasteiger partial charge in [-0.2, -0.15) is 0 Å². The van der Waals surface area contributed by atoms with Gasteiger partial charge in [-0.25, -0.2) is 9.78 Å². The van der Waals surface area contributed by atoms with Crippen LogP contribution in [0.15, 0.2) is 18.2 Å². The number of carbonyl (C=O) groups is 1. The number of rotatable bonds is 1. The molecule has 1 aliphatic rings. The second-order valence-corrected chi connectivity index (χ2v) is 7.68. The Morgan fingerprint density at radius 3 is 2.84 bits per heavy atom. The van der Waals surface area contributed by atoms with Gasteiger partial charge in [-0.1, -0.05) is 5.92 Å². The van der Waals surface area contributed by atoms with Gasteiger partial charge in [0.15, 0.2) is 0 Å². The van der Waals surface area contributed by atoms with Crippen LogP contribution in [0.5, 0.6) is 0 Å². The summed E-state index contributed by atoms with van der Waals surface area (Å²) in [6.45, 7) is 7.72. The molecule has 2 unspecified atom stereocenters. The van der Waals surface area contributed by atoms with E-state index in [1.54, 1.807) is 0 Å². The Kier molecular flexibility index (Phi) is 4.47.